The third kappa shape index (κ3) is 3.26. The number of benzene rings is 2. The number of hydrogen-bond donors (Lipinski definition) is 3. The predicted molar refractivity (Wildman–Crippen MR) is 108 cm³/mol. The van der Waals surface area contributed by atoms with Crippen LogP contribution in [0.4, 0.5) is 17.5 Å². The SMILES string of the molecule is Cl.Cl.Nc1ccc(Cn2ccc3c4c(N)nc(N)nc4ccc32)cc1. The number of rotatable bonds is 2. The molecule has 6 N–H and O–H groups in total. The molecule has 8 heteroatoms. The summed E-state index contributed by atoms with van der Waals surface area (Å²) >= 11 is 0. The molecule has 0 unspecified atom stereocenters. The lowest BCUT2D eigenvalue weighted by molar-refractivity contribution is 0.837. The first-order valence-electron chi connectivity index (χ1n) is 7.27. The minimum Gasteiger partial charge on any atom is -0.399 e. The van der Waals surface area contributed by atoms with Gasteiger partial charge in [-0.1, -0.05) is 12.1 Å². The van der Waals surface area contributed by atoms with Crippen molar-refractivity contribution in [2.45, 2.75) is 6.54 Å². The highest BCUT2D eigenvalue weighted by Gasteiger charge is 2.10. The fraction of sp³-hybridized carbons (Fsp3) is 0.0588. The maximum Gasteiger partial charge on any atom is 0.222 e. The Kier molecular flexibility index (Phi) is 5.25. The average molecular weight is 377 g/mol. The van der Waals surface area contributed by atoms with Crippen molar-refractivity contribution < 1.29 is 0 Å². The molecule has 25 heavy (non-hydrogen) atoms. The van der Waals surface area contributed by atoms with Gasteiger partial charge in [-0.05, 0) is 35.9 Å². The van der Waals surface area contributed by atoms with Crippen LogP contribution in [-0.2, 0) is 6.54 Å². The molecular formula is C17H18Cl2N6. The van der Waals surface area contributed by atoms with Gasteiger partial charge >= 0.3 is 0 Å². The summed E-state index contributed by atoms with van der Waals surface area (Å²) in [6.07, 6.45) is 2.04. The van der Waals surface area contributed by atoms with E-state index in [9.17, 15) is 0 Å². The zero-order chi connectivity index (χ0) is 16.0. The quantitative estimate of drug-likeness (QED) is 0.465. The van der Waals surface area contributed by atoms with E-state index in [1.807, 2.05) is 48.7 Å². The number of nitrogens with zero attached hydrogens (tertiary/aromatic N) is 3. The van der Waals surface area contributed by atoms with Gasteiger partial charge in [-0.25, -0.2) is 4.98 Å². The summed E-state index contributed by atoms with van der Waals surface area (Å²) in [6, 6.07) is 13.9. The van der Waals surface area contributed by atoms with Gasteiger partial charge in [0.05, 0.1) is 10.9 Å². The number of anilines is 3. The van der Waals surface area contributed by atoms with Crippen molar-refractivity contribution in [2.75, 3.05) is 17.2 Å². The van der Waals surface area contributed by atoms with Gasteiger partial charge in [-0.3, -0.25) is 0 Å². The summed E-state index contributed by atoms with van der Waals surface area (Å²) in [5, 5.41) is 1.86. The summed E-state index contributed by atoms with van der Waals surface area (Å²) in [6.45, 7) is 0.755. The molecule has 2 heterocycles. The van der Waals surface area contributed by atoms with E-state index in [4.69, 9.17) is 17.2 Å². The van der Waals surface area contributed by atoms with Crippen LogP contribution >= 0.6 is 24.8 Å². The Morgan fingerprint density at radius 1 is 0.840 bits per heavy atom. The Hall–Kier alpha value is -2.70. The lowest BCUT2D eigenvalue weighted by Gasteiger charge is -2.08. The number of hydrogen-bond acceptors (Lipinski definition) is 5. The van der Waals surface area contributed by atoms with Crippen LogP contribution in [0.25, 0.3) is 21.8 Å². The summed E-state index contributed by atoms with van der Waals surface area (Å²) in [7, 11) is 0. The van der Waals surface area contributed by atoms with Gasteiger partial charge in [-0.15, -0.1) is 24.8 Å². The lowest BCUT2D eigenvalue weighted by Crippen LogP contribution is -2.01. The molecule has 0 aliphatic carbocycles. The molecule has 0 bridgehead atoms. The van der Waals surface area contributed by atoms with Crippen molar-refractivity contribution in [2.24, 2.45) is 0 Å². The Morgan fingerprint density at radius 3 is 2.28 bits per heavy atom. The molecule has 0 spiro atoms. The van der Waals surface area contributed by atoms with Crippen LogP contribution in [0.1, 0.15) is 5.56 Å². The molecule has 0 fully saturated rings. The molecule has 0 aliphatic rings. The molecule has 0 aliphatic heterocycles. The summed E-state index contributed by atoms with van der Waals surface area (Å²) in [5.74, 6) is 0.596. The first kappa shape index (κ1) is 18.6. The second kappa shape index (κ2) is 7.04. The fourth-order valence-corrected chi connectivity index (χ4v) is 2.91. The van der Waals surface area contributed by atoms with Crippen LogP contribution in [0, 0.1) is 0 Å². The molecule has 4 rings (SSSR count). The Morgan fingerprint density at radius 2 is 1.56 bits per heavy atom. The molecule has 0 saturated carbocycles. The van der Waals surface area contributed by atoms with Crippen LogP contribution in [0.3, 0.4) is 0 Å². The molecule has 4 aromatic rings. The van der Waals surface area contributed by atoms with Gasteiger partial charge in [-0.2, -0.15) is 4.98 Å². The predicted octanol–water partition coefficient (Wildman–Crippen LogP) is 3.22. The molecule has 0 saturated heterocycles. The first-order chi connectivity index (χ1) is 11.1. The zero-order valence-corrected chi connectivity index (χ0v) is 14.8. The fourth-order valence-electron chi connectivity index (χ4n) is 2.91. The molecule has 6 nitrogen and oxygen atoms in total. The van der Waals surface area contributed by atoms with Gasteiger partial charge in [0.25, 0.3) is 0 Å². The Labute approximate surface area is 156 Å². The van der Waals surface area contributed by atoms with Crippen LogP contribution in [0.15, 0.2) is 48.7 Å². The number of aromatic nitrogens is 3. The van der Waals surface area contributed by atoms with E-state index in [-0.39, 0.29) is 30.8 Å². The monoisotopic (exact) mass is 376 g/mol. The highest BCUT2D eigenvalue weighted by Crippen LogP contribution is 2.29. The van der Waals surface area contributed by atoms with E-state index < -0.39 is 0 Å². The van der Waals surface area contributed by atoms with E-state index >= 15 is 0 Å². The second-order valence-corrected chi connectivity index (χ2v) is 5.54. The third-order valence-corrected chi connectivity index (χ3v) is 3.99. The smallest absolute Gasteiger partial charge is 0.222 e. The molecule has 0 atom stereocenters. The summed E-state index contributed by atoms with van der Waals surface area (Å²) < 4.78 is 2.16. The second-order valence-electron chi connectivity index (χ2n) is 5.54. The van der Waals surface area contributed by atoms with Crippen molar-refractivity contribution >= 4 is 64.1 Å². The van der Waals surface area contributed by atoms with Crippen LogP contribution < -0.4 is 17.2 Å². The van der Waals surface area contributed by atoms with E-state index in [0.717, 1.165) is 34.0 Å². The number of fused-ring (bicyclic) bond motifs is 3. The van der Waals surface area contributed by atoms with Crippen LogP contribution in [-0.4, -0.2) is 14.5 Å². The van der Waals surface area contributed by atoms with E-state index in [2.05, 4.69) is 14.5 Å². The van der Waals surface area contributed by atoms with E-state index in [1.54, 1.807) is 0 Å². The maximum absolute atomic E-state index is 6.05. The number of nitrogen functional groups attached to an aromatic ring is 3. The van der Waals surface area contributed by atoms with Crippen molar-refractivity contribution in [3.8, 4) is 0 Å². The number of halogens is 2. The van der Waals surface area contributed by atoms with Crippen LogP contribution in [0.2, 0.25) is 0 Å². The topological polar surface area (TPSA) is 109 Å². The normalized spacial score (nSPS) is 10.4. The van der Waals surface area contributed by atoms with Crippen molar-refractivity contribution in [3.05, 3.63) is 54.2 Å². The summed E-state index contributed by atoms with van der Waals surface area (Å²) in [5.41, 5.74) is 21.2. The average Bonchev–Trinajstić information content (AvgIpc) is 2.92. The molecule has 0 amide bonds. The van der Waals surface area contributed by atoms with Crippen molar-refractivity contribution in [1.29, 1.82) is 0 Å². The molecule has 2 aromatic heterocycles. The third-order valence-electron chi connectivity index (χ3n) is 3.99. The molecular weight excluding hydrogens is 359 g/mol. The van der Waals surface area contributed by atoms with Gasteiger partial charge < -0.3 is 21.8 Å². The molecule has 130 valence electrons. The van der Waals surface area contributed by atoms with Gasteiger partial charge in [0.2, 0.25) is 5.95 Å². The highest BCUT2D eigenvalue weighted by atomic mass is 35.5. The first-order valence-corrected chi connectivity index (χ1v) is 7.27. The van der Waals surface area contributed by atoms with Crippen molar-refractivity contribution in [3.63, 3.8) is 0 Å². The Balaban J connectivity index is 0.00000113. The van der Waals surface area contributed by atoms with E-state index in [0.29, 0.717) is 5.82 Å². The zero-order valence-electron chi connectivity index (χ0n) is 13.2. The lowest BCUT2D eigenvalue weighted by atomic mass is 10.1. The largest absolute Gasteiger partial charge is 0.399 e. The number of nitrogens with two attached hydrogens (primary N) is 3. The minimum absolute atomic E-state index is 0. The van der Waals surface area contributed by atoms with E-state index in [1.165, 1.54) is 5.56 Å². The standard InChI is InChI=1S/C17H16N6.2ClH/c18-11-3-1-10(2-4-11)9-23-8-7-12-14(23)6-5-13-15(12)16(19)22-17(20)21-13;;/h1-8H,9,18H2,(H4,19,20,21,22);2*1H. The van der Waals surface area contributed by atoms with Crippen molar-refractivity contribution in [1.82, 2.24) is 14.5 Å². The summed E-state index contributed by atoms with van der Waals surface area (Å²) in [4.78, 5) is 8.33. The van der Waals surface area contributed by atoms with Gasteiger partial charge in [0.1, 0.15) is 5.82 Å². The molecule has 2 aromatic carbocycles. The minimum atomic E-state index is 0. The highest BCUT2D eigenvalue weighted by molar-refractivity contribution is 6.10. The Bertz CT molecular complexity index is 1030. The van der Waals surface area contributed by atoms with Gasteiger partial charge in [0.15, 0.2) is 0 Å². The maximum atomic E-state index is 6.05. The van der Waals surface area contributed by atoms with Gasteiger partial charge in [0, 0.05) is 29.3 Å². The molecule has 0 radical (unpaired) electrons. The van der Waals surface area contributed by atoms with Crippen LogP contribution in [0.5, 0.6) is 0 Å².